The van der Waals surface area contributed by atoms with Crippen LogP contribution in [0.4, 0.5) is 0 Å². The maximum Gasteiger partial charge on any atom is 0.0277 e. The predicted molar refractivity (Wildman–Crippen MR) is 80.1 cm³/mol. The molecule has 1 heterocycles. The van der Waals surface area contributed by atoms with Gasteiger partial charge in [0, 0.05) is 37.8 Å². The lowest BCUT2D eigenvalue weighted by Crippen LogP contribution is -2.59. The van der Waals surface area contributed by atoms with Crippen molar-refractivity contribution in [3.8, 4) is 0 Å². The van der Waals surface area contributed by atoms with Gasteiger partial charge in [-0.15, -0.1) is 0 Å². The van der Waals surface area contributed by atoms with Crippen LogP contribution < -0.4 is 5.32 Å². The lowest BCUT2D eigenvalue weighted by molar-refractivity contribution is 0.0319. The molecule has 108 valence electrons. The highest BCUT2D eigenvalue weighted by Gasteiger charge is 2.32. The van der Waals surface area contributed by atoms with E-state index in [1.54, 1.807) is 0 Å². The molecule has 2 atom stereocenters. The maximum atomic E-state index is 3.66. The van der Waals surface area contributed by atoms with E-state index in [0.717, 1.165) is 12.5 Å². The van der Waals surface area contributed by atoms with E-state index in [9.17, 15) is 0 Å². The number of piperazine rings is 1. The lowest BCUT2D eigenvalue weighted by atomic mass is 9.95. The minimum atomic E-state index is 0.310. The summed E-state index contributed by atoms with van der Waals surface area (Å²) in [5, 5.41) is 3.66. The summed E-state index contributed by atoms with van der Waals surface area (Å²) in [7, 11) is 2.24. The molecular formula is C15H33N3. The number of hydrogen-bond acceptors (Lipinski definition) is 3. The Bertz CT molecular complexity index is 240. The van der Waals surface area contributed by atoms with Gasteiger partial charge in [-0.2, -0.15) is 0 Å². The Hall–Kier alpha value is -0.120. The molecule has 3 nitrogen and oxygen atoms in total. The highest BCUT2D eigenvalue weighted by atomic mass is 15.3. The summed E-state index contributed by atoms with van der Waals surface area (Å²) in [4.78, 5) is 5.12. The van der Waals surface area contributed by atoms with Crippen LogP contribution in [0.3, 0.4) is 0 Å². The molecule has 1 saturated heterocycles. The van der Waals surface area contributed by atoms with Crippen LogP contribution in [0.5, 0.6) is 0 Å². The Morgan fingerprint density at radius 1 is 1.22 bits per heavy atom. The smallest absolute Gasteiger partial charge is 0.0277 e. The molecule has 0 aliphatic carbocycles. The fourth-order valence-corrected chi connectivity index (χ4v) is 2.77. The molecule has 0 saturated carbocycles. The average Bonchev–Trinajstić information content (AvgIpc) is 2.32. The first-order valence-electron chi connectivity index (χ1n) is 7.57. The molecule has 2 unspecified atom stereocenters. The van der Waals surface area contributed by atoms with Crippen molar-refractivity contribution in [3.05, 3.63) is 0 Å². The first-order chi connectivity index (χ1) is 8.40. The molecule has 0 radical (unpaired) electrons. The van der Waals surface area contributed by atoms with E-state index in [0.29, 0.717) is 11.6 Å². The largest absolute Gasteiger partial charge is 0.313 e. The quantitative estimate of drug-likeness (QED) is 0.783. The standard InChI is InChI=1S/C15H33N3/c1-7-13(3)14(16-8-2)11-18-10-9-17(6)15(4,5)12-18/h13-14,16H,7-12H2,1-6H3. The second-order valence-corrected chi connectivity index (χ2v) is 6.52. The van der Waals surface area contributed by atoms with Gasteiger partial charge in [-0.05, 0) is 33.4 Å². The van der Waals surface area contributed by atoms with E-state index in [4.69, 9.17) is 0 Å². The van der Waals surface area contributed by atoms with Gasteiger partial charge in [0.2, 0.25) is 0 Å². The van der Waals surface area contributed by atoms with Crippen LogP contribution in [0.25, 0.3) is 0 Å². The van der Waals surface area contributed by atoms with E-state index in [2.05, 4.69) is 56.8 Å². The number of nitrogens with one attached hydrogen (secondary N) is 1. The Balaban J connectivity index is 2.54. The summed E-state index contributed by atoms with van der Waals surface area (Å²) in [5.41, 5.74) is 0.310. The highest BCUT2D eigenvalue weighted by molar-refractivity contribution is 4.90. The minimum absolute atomic E-state index is 0.310. The Kier molecular flexibility index (Phi) is 6.09. The molecule has 0 amide bonds. The van der Waals surface area contributed by atoms with Crippen LogP contribution >= 0.6 is 0 Å². The van der Waals surface area contributed by atoms with E-state index in [1.807, 2.05) is 0 Å². The number of rotatable bonds is 6. The van der Waals surface area contributed by atoms with Gasteiger partial charge < -0.3 is 5.32 Å². The van der Waals surface area contributed by atoms with Gasteiger partial charge in [0.15, 0.2) is 0 Å². The van der Waals surface area contributed by atoms with Crippen LogP contribution in [0.2, 0.25) is 0 Å². The molecule has 1 fully saturated rings. The summed E-state index contributed by atoms with van der Waals surface area (Å²) in [6.07, 6.45) is 1.26. The summed E-state index contributed by atoms with van der Waals surface area (Å²) in [6.45, 7) is 17.4. The fraction of sp³-hybridized carbons (Fsp3) is 1.00. The third-order valence-electron chi connectivity index (χ3n) is 4.65. The molecule has 1 aliphatic heterocycles. The average molecular weight is 255 g/mol. The minimum Gasteiger partial charge on any atom is -0.313 e. The van der Waals surface area contributed by atoms with Crippen molar-refractivity contribution in [2.24, 2.45) is 5.92 Å². The molecule has 1 aliphatic rings. The van der Waals surface area contributed by atoms with Gasteiger partial charge in [0.25, 0.3) is 0 Å². The van der Waals surface area contributed by atoms with Gasteiger partial charge in [0.1, 0.15) is 0 Å². The van der Waals surface area contributed by atoms with Crippen molar-refractivity contribution in [1.29, 1.82) is 0 Å². The van der Waals surface area contributed by atoms with Crippen LogP contribution in [0, 0.1) is 5.92 Å². The zero-order chi connectivity index (χ0) is 13.8. The van der Waals surface area contributed by atoms with Gasteiger partial charge in [-0.3, -0.25) is 9.80 Å². The second-order valence-electron chi connectivity index (χ2n) is 6.52. The van der Waals surface area contributed by atoms with E-state index in [-0.39, 0.29) is 0 Å². The van der Waals surface area contributed by atoms with Crippen molar-refractivity contribution >= 4 is 0 Å². The Morgan fingerprint density at radius 2 is 1.89 bits per heavy atom. The molecule has 0 aromatic carbocycles. The summed E-state index contributed by atoms with van der Waals surface area (Å²) >= 11 is 0. The predicted octanol–water partition coefficient (Wildman–Crippen LogP) is 2.04. The van der Waals surface area contributed by atoms with Gasteiger partial charge >= 0.3 is 0 Å². The Labute approximate surface area is 114 Å². The van der Waals surface area contributed by atoms with Crippen LogP contribution in [-0.4, -0.2) is 61.2 Å². The van der Waals surface area contributed by atoms with Gasteiger partial charge in [0.05, 0.1) is 0 Å². The molecule has 1 N–H and O–H groups in total. The third kappa shape index (κ3) is 4.22. The van der Waals surface area contributed by atoms with Crippen LogP contribution in [0.1, 0.15) is 41.0 Å². The van der Waals surface area contributed by atoms with E-state index in [1.165, 1.54) is 32.6 Å². The normalized spacial score (nSPS) is 25.0. The molecule has 1 rings (SSSR count). The number of nitrogens with zero attached hydrogens (tertiary/aromatic N) is 2. The topological polar surface area (TPSA) is 18.5 Å². The second kappa shape index (κ2) is 6.88. The number of likely N-dealkylation sites (N-methyl/N-ethyl adjacent to an activating group) is 2. The molecule has 0 aromatic heterocycles. The molecular weight excluding hydrogens is 222 g/mol. The van der Waals surface area contributed by atoms with Crippen LogP contribution in [0.15, 0.2) is 0 Å². The van der Waals surface area contributed by atoms with E-state index >= 15 is 0 Å². The first kappa shape index (κ1) is 15.9. The third-order valence-corrected chi connectivity index (χ3v) is 4.65. The zero-order valence-electron chi connectivity index (χ0n) is 13.3. The van der Waals surface area contributed by atoms with Crippen molar-refractivity contribution < 1.29 is 0 Å². The molecule has 0 bridgehead atoms. The van der Waals surface area contributed by atoms with Crippen molar-refractivity contribution in [2.75, 3.05) is 39.8 Å². The number of hydrogen-bond donors (Lipinski definition) is 1. The summed E-state index contributed by atoms with van der Waals surface area (Å²) in [6, 6.07) is 0.638. The lowest BCUT2D eigenvalue weighted by Gasteiger charge is -2.46. The summed E-state index contributed by atoms with van der Waals surface area (Å²) < 4.78 is 0. The molecule has 3 heteroatoms. The molecule has 0 spiro atoms. The molecule has 18 heavy (non-hydrogen) atoms. The molecule has 0 aromatic rings. The van der Waals surface area contributed by atoms with E-state index < -0.39 is 0 Å². The monoisotopic (exact) mass is 255 g/mol. The van der Waals surface area contributed by atoms with Gasteiger partial charge in [-0.1, -0.05) is 27.2 Å². The van der Waals surface area contributed by atoms with Crippen molar-refractivity contribution in [3.63, 3.8) is 0 Å². The Morgan fingerprint density at radius 3 is 2.39 bits per heavy atom. The highest BCUT2D eigenvalue weighted by Crippen LogP contribution is 2.20. The van der Waals surface area contributed by atoms with Crippen molar-refractivity contribution in [1.82, 2.24) is 15.1 Å². The summed E-state index contributed by atoms with van der Waals surface area (Å²) in [5.74, 6) is 0.757. The first-order valence-corrected chi connectivity index (χ1v) is 7.57. The fourth-order valence-electron chi connectivity index (χ4n) is 2.77. The van der Waals surface area contributed by atoms with Crippen LogP contribution in [-0.2, 0) is 0 Å². The SMILES string of the molecule is CCNC(CN1CCN(C)C(C)(C)C1)C(C)CC. The van der Waals surface area contributed by atoms with Crippen molar-refractivity contribution in [2.45, 2.75) is 52.6 Å². The zero-order valence-corrected chi connectivity index (χ0v) is 13.3. The van der Waals surface area contributed by atoms with Gasteiger partial charge in [-0.25, -0.2) is 0 Å². The maximum absolute atomic E-state index is 3.66.